The van der Waals surface area contributed by atoms with E-state index in [9.17, 15) is 9.59 Å². The third-order valence-electron chi connectivity index (χ3n) is 3.24. The Bertz CT molecular complexity index is 295. The molecule has 0 spiro atoms. The van der Waals surface area contributed by atoms with E-state index in [1.165, 1.54) is 7.11 Å². The topological polar surface area (TPSA) is 52.6 Å². The maximum Gasteiger partial charge on any atom is 0.311 e. The fraction of sp³-hybridized carbons (Fsp3) is 0.833. The quantitative estimate of drug-likeness (QED) is 0.691. The Morgan fingerprint density at radius 3 is 2.62 bits per heavy atom. The lowest BCUT2D eigenvalue weighted by Gasteiger charge is -2.28. The molecule has 0 aliphatic carbocycles. The smallest absolute Gasteiger partial charge is 0.311 e. The molecule has 1 fully saturated rings. The number of hydrogen-bond acceptors (Lipinski definition) is 4. The molecule has 0 aromatic heterocycles. The number of hydrogen-bond donors (Lipinski definition) is 0. The van der Waals surface area contributed by atoms with Gasteiger partial charge >= 0.3 is 11.9 Å². The van der Waals surface area contributed by atoms with Crippen molar-refractivity contribution in [3.8, 4) is 0 Å². The van der Waals surface area contributed by atoms with Crippen LogP contribution in [0.1, 0.15) is 46.5 Å². The second-order valence-corrected chi connectivity index (χ2v) is 5.30. The van der Waals surface area contributed by atoms with Gasteiger partial charge in [-0.25, -0.2) is 0 Å². The number of carbonyl (C=O) groups excluding carboxylic acids is 2. The van der Waals surface area contributed by atoms with Crippen molar-refractivity contribution in [2.45, 2.75) is 52.1 Å². The van der Waals surface area contributed by atoms with Crippen molar-refractivity contribution >= 4 is 11.9 Å². The van der Waals surface area contributed by atoms with Gasteiger partial charge in [-0.05, 0) is 40.0 Å². The fourth-order valence-electron chi connectivity index (χ4n) is 1.87. The zero-order valence-electron chi connectivity index (χ0n) is 10.5. The molecule has 1 rings (SSSR count). The maximum absolute atomic E-state index is 11.5. The van der Waals surface area contributed by atoms with Crippen molar-refractivity contribution in [3.63, 3.8) is 0 Å². The molecule has 1 atom stereocenters. The number of ether oxygens (including phenoxy) is 2. The summed E-state index contributed by atoms with van der Waals surface area (Å²) in [5, 5.41) is 0. The minimum absolute atomic E-state index is 0.140. The second-order valence-electron chi connectivity index (χ2n) is 5.30. The zero-order chi connectivity index (χ0) is 12.4. The van der Waals surface area contributed by atoms with Crippen LogP contribution in [0.2, 0.25) is 0 Å². The molecule has 0 amide bonds. The zero-order valence-corrected chi connectivity index (χ0v) is 10.5. The van der Waals surface area contributed by atoms with Crippen LogP contribution in [0.3, 0.4) is 0 Å². The predicted molar refractivity (Wildman–Crippen MR) is 58.8 cm³/mol. The Hall–Kier alpha value is -1.06. The van der Waals surface area contributed by atoms with Crippen LogP contribution >= 0.6 is 0 Å². The predicted octanol–water partition coefficient (Wildman–Crippen LogP) is 2.06. The van der Waals surface area contributed by atoms with Crippen molar-refractivity contribution in [3.05, 3.63) is 0 Å². The molecular weight excluding hydrogens is 208 g/mol. The molecule has 0 bridgehead atoms. The number of methoxy groups -OCH3 is 1. The molecule has 0 radical (unpaired) electrons. The first kappa shape index (κ1) is 13.0. The van der Waals surface area contributed by atoms with Crippen LogP contribution in [0.4, 0.5) is 0 Å². The Labute approximate surface area is 96.3 Å². The molecular formula is C12H20O4. The Kier molecular flexibility index (Phi) is 3.61. The highest BCUT2D eigenvalue weighted by Crippen LogP contribution is 2.35. The second kappa shape index (κ2) is 4.44. The molecule has 92 valence electrons. The maximum atomic E-state index is 11.5. The fourth-order valence-corrected chi connectivity index (χ4v) is 1.87. The molecule has 4 heteroatoms. The average molecular weight is 228 g/mol. The standard InChI is InChI=1S/C12H20O4/c1-11(2,10(14)15-4)7-8-12(3)6-5-9(13)16-12/h5-8H2,1-4H3. The van der Waals surface area contributed by atoms with Gasteiger partial charge in [-0.1, -0.05) is 0 Å². The summed E-state index contributed by atoms with van der Waals surface area (Å²) in [6.45, 7) is 5.61. The molecule has 1 unspecified atom stereocenters. The lowest BCUT2D eigenvalue weighted by atomic mass is 9.83. The van der Waals surface area contributed by atoms with Crippen molar-refractivity contribution in [1.29, 1.82) is 0 Å². The van der Waals surface area contributed by atoms with Gasteiger partial charge in [0, 0.05) is 6.42 Å². The van der Waals surface area contributed by atoms with E-state index < -0.39 is 11.0 Å². The Balaban J connectivity index is 2.51. The third-order valence-corrected chi connectivity index (χ3v) is 3.24. The van der Waals surface area contributed by atoms with E-state index in [-0.39, 0.29) is 11.9 Å². The van der Waals surface area contributed by atoms with E-state index in [4.69, 9.17) is 9.47 Å². The average Bonchev–Trinajstić information content (AvgIpc) is 2.55. The summed E-state index contributed by atoms with van der Waals surface area (Å²) in [5.74, 6) is -0.362. The first-order valence-electron chi connectivity index (χ1n) is 5.59. The van der Waals surface area contributed by atoms with Crippen LogP contribution in [-0.2, 0) is 19.1 Å². The van der Waals surface area contributed by atoms with E-state index in [1.807, 2.05) is 20.8 Å². The SMILES string of the molecule is COC(=O)C(C)(C)CCC1(C)CCC(=O)O1. The number of rotatable bonds is 4. The summed E-state index contributed by atoms with van der Waals surface area (Å²) >= 11 is 0. The highest BCUT2D eigenvalue weighted by atomic mass is 16.6. The van der Waals surface area contributed by atoms with Crippen LogP contribution in [0, 0.1) is 5.41 Å². The summed E-state index contributed by atoms with van der Waals surface area (Å²) in [6, 6.07) is 0. The summed E-state index contributed by atoms with van der Waals surface area (Å²) < 4.78 is 10.0. The molecule has 1 heterocycles. The van der Waals surface area contributed by atoms with E-state index >= 15 is 0 Å². The summed E-state index contributed by atoms with van der Waals surface area (Å²) in [5.41, 5.74) is -0.921. The van der Waals surface area contributed by atoms with Gasteiger partial charge in [0.2, 0.25) is 0 Å². The number of cyclic esters (lactones) is 1. The third kappa shape index (κ3) is 2.97. The molecule has 4 nitrogen and oxygen atoms in total. The first-order chi connectivity index (χ1) is 7.29. The first-order valence-corrected chi connectivity index (χ1v) is 5.59. The van der Waals surface area contributed by atoms with Crippen molar-refractivity contribution in [1.82, 2.24) is 0 Å². The molecule has 1 aliphatic rings. The minimum atomic E-state index is -0.521. The van der Waals surface area contributed by atoms with Gasteiger partial charge in [-0.15, -0.1) is 0 Å². The molecule has 16 heavy (non-hydrogen) atoms. The molecule has 0 saturated carbocycles. The van der Waals surface area contributed by atoms with E-state index in [1.54, 1.807) is 0 Å². The van der Waals surface area contributed by atoms with Crippen molar-refractivity contribution in [2.75, 3.05) is 7.11 Å². The summed E-state index contributed by atoms with van der Waals surface area (Å²) in [4.78, 5) is 22.5. The largest absolute Gasteiger partial charge is 0.469 e. The molecule has 1 saturated heterocycles. The van der Waals surface area contributed by atoms with Gasteiger partial charge in [0.1, 0.15) is 5.60 Å². The van der Waals surface area contributed by atoms with E-state index in [0.29, 0.717) is 19.3 Å². The molecule has 1 aliphatic heterocycles. The lowest BCUT2D eigenvalue weighted by molar-refractivity contribution is -0.153. The highest BCUT2D eigenvalue weighted by molar-refractivity contribution is 5.75. The van der Waals surface area contributed by atoms with Crippen LogP contribution in [0.5, 0.6) is 0 Å². The van der Waals surface area contributed by atoms with E-state index in [2.05, 4.69) is 0 Å². The lowest BCUT2D eigenvalue weighted by Crippen LogP contribution is -2.31. The van der Waals surface area contributed by atoms with Crippen molar-refractivity contribution < 1.29 is 19.1 Å². The molecule has 0 aromatic carbocycles. The van der Waals surface area contributed by atoms with Crippen LogP contribution in [-0.4, -0.2) is 24.6 Å². The molecule has 0 aromatic rings. The highest BCUT2D eigenvalue weighted by Gasteiger charge is 2.38. The monoisotopic (exact) mass is 228 g/mol. The van der Waals surface area contributed by atoms with Crippen molar-refractivity contribution in [2.24, 2.45) is 5.41 Å². The van der Waals surface area contributed by atoms with Gasteiger partial charge in [0.15, 0.2) is 0 Å². The Morgan fingerprint density at radius 2 is 2.19 bits per heavy atom. The minimum Gasteiger partial charge on any atom is -0.469 e. The normalized spacial score (nSPS) is 25.4. The number of carbonyl (C=O) groups is 2. The Morgan fingerprint density at radius 1 is 1.56 bits per heavy atom. The van der Waals surface area contributed by atoms with Gasteiger partial charge < -0.3 is 9.47 Å². The number of esters is 2. The molecule has 0 N–H and O–H groups in total. The van der Waals surface area contributed by atoms with Gasteiger partial charge in [-0.2, -0.15) is 0 Å². The van der Waals surface area contributed by atoms with Crippen LogP contribution < -0.4 is 0 Å². The summed E-state index contributed by atoms with van der Waals surface area (Å²) in [7, 11) is 1.39. The van der Waals surface area contributed by atoms with Gasteiger partial charge in [0.25, 0.3) is 0 Å². The van der Waals surface area contributed by atoms with Crippen LogP contribution in [0.25, 0.3) is 0 Å². The van der Waals surface area contributed by atoms with Gasteiger partial charge in [0.05, 0.1) is 12.5 Å². The van der Waals surface area contributed by atoms with Crippen LogP contribution in [0.15, 0.2) is 0 Å². The summed E-state index contributed by atoms with van der Waals surface area (Å²) in [6.07, 6.45) is 2.57. The van der Waals surface area contributed by atoms with E-state index in [0.717, 1.165) is 6.42 Å². The van der Waals surface area contributed by atoms with Gasteiger partial charge in [-0.3, -0.25) is 9.59 Å².